The number of piperazine rings is 1. The summed E-state index contributed by atoms with van der Waals surface area (Å²) < 4.78 is 48.6. The maximum absolute atomic E-state index is 15.2. The summed E-state index contributed by atoms with van der Waals surface area (Å²) in [6.07, 6.45) is 3.77. The number of nitrogens with one attached hydrogen (secondary N) is 2. The minimum atomic E-state index is -3.36. The highest BCUT2D eigenvalue weighted by molar-refractivity contribution is 7.89. The van der Waals surface area contributed by atoms with Crippen LogP contribution in [0.1, 0.15) is 63.0 Å². The minimum absolute atomic E-state index is 0.0382. The van der Waals surface area contributed by atoms with Crippen LogP contribution in [0.15, 0.2) is 42.5 Å². The van der Waals surface area contributed by atoms with Crippen molar-refractivity contribution in [1.82, 2.24) is 9.62 Å². The molecule has 5 rings (SSSR count). The number of rotatable bonds is 8. The van der Waals surface area contributed by atoms with Gasteiger partial charge in [0.1, 0.15) is 5.82 Å². The summed E-state index contributed by atoms with van der Waals surface area (Å²) in [5.41, 5.74) is 8.36. The molecule has 42 heavy (non-hydrogen) atoms. The number of carbonyl (C=O) groups is 1. The molecule has 0 saturated carbocycles. The van der Waals surface area contributed by atoms with Crippen molar-refractivity contribution in [1.29, 1.82) is 0 Å². The molecule has 3 saturated heterocycles. The highest BCUT2D eigenvalue weighted by Gasteiger charge is 2.39. The number of nitrogens with two attached hydrogens (primary N) is 1. The van der Waals surface area contributed by atoms with E-state index in [-0.39, 0.29) is 48.3 Å². The molecule has 2 aromatic carbocycles. The summed E-state index contributed by atoms with van der Waals surface area (Å²) >= 11 is 6.16. The second kappa shape index (κ2) is 13.3. The van der Waals surface area contributed by atoms with E-state index in [0.29, 0.717) is 42.2 Å². The predicted molar refractivity (Wildman–Crippen MR) is 164 cm³/mol. The normalized spacial score (nSPS) is 30.6. The maximum atomic E-state index is 15.2. The monoisotopic (exact) mass is 620 g/mol. The largest absolute Gasteiger partial charge is 0.376 e. The molecule has 0 aromatic heterocycles. The van der Waals surface area contributed by atoms with E-state index in [1.165, 1.54) is 6.07 Å². The Balaban J connectivity index is 1.34. The van der Waals surface area contributed by atoms with Crippen LogP contribution in [0, 0.1) is 11.7 Å². The number of ether oxygens (including phenoxy) is 1. The zero-order chi connectivity index (χ0) is 30.0. The van der Waals surface area contributed by atoms with Crippen molar-refractivity contribution in [2.45, 2.75) is 88.6 Å². The van der Waals surface area contributed by atoms with Crippen molar-refractivity contribution in [3.05, 3.63) is 64.4 Å². The second-order valence-corrected chi connectivity index (χ2v) is 14.7. The zero-order valence-electron chi connectivity index (χ0n) is 24.3. The van der Waals surface area contributed by atoms with Crippen LogP contribution in [0.3, 0.4) is 0 Å². The van der Waals surface area contributed by atoms with Gasteiger partial charge in [0.25, 0.3) is 0 Å². The fraction of sp³-hybridized carbons (Fsp3) is 0.581. The molecule has 2 aromatic rings. The molecule has 0 aliphatic carbocycles. The number of fused-ring (bicyclic) bond motifs is 2. The van der Waals surface area contributed by atoms with Crippen molar-refractivity contribution >= 4 is 33.2 Å². The van der Waals surface area contributed by atoms with Gasteiger partial charge in [-0.3, -0.25) is 4.79 Å². The van der Waals surface area contributed by atoms with E-state index in [0.717, 1.165) is 24.8 Å². The summed E-state index contributed by atoms with van der Waals surface area (Å²) in [5.74, 6) is -0.882. The third-order valence-electron chi connectivity index (χ3n) is 9.05. The van der Waals surface area contributed by atoms with Crippen LogP contribution in [-0.2, 0) is 26.0 Å². The Hall–Kier alpha value is -2.08. The number of carbonyl (C=O) groups excluding carboxylic acids is 1. The highest BCUT2D eigenvalue weighted by atomic mass is 35.5. The first-order valence-electron chi connectivity index (χ1n) is 15.0. The number of nitrogens with zero attached hydrogens (tertiary/aromatic N) is 1. The van der Waals surface area contributed by atoms with Gasteiger partial charge in [-0.15, -0.1) is 0 Å². The lowest BCUT2D eigenvalue weighted by Gasteiger charge is -2.39. The number of hydrogen-bond acceptors (Lipinski definition) is 6. The molecule has 11 heteroatoms. The van der Waals surface area contributed by atoms with E-state index in [4.69, 9.17) is 22.1 Å². The van der Waals surface area contributed by atoms with Gasteiger partial charge in [-0.05, 0) is 88.1 Å². The van der Waals surface area contributed by atoms with Crippen LogP contribution in [0.5, 0.6) is 0 Å². The Morgan fingerprint density at radius 2 is 1.90 bits per heavy atom. The molecule has 8 atom stereocenters. The van der Waals surface area contributed by atoms with Gasteiger partial charge in [-0.25, -0.2) is 12.8 Å². The topological polar surface area (TPSA) is 114 Å². The molecule has 2 bridgehead atoms. The van der Waals surface area contributed by atoms with Crippen LogP contribution in [0.2, 0.25) is 5.02 Å². The smallest absolute Gasteiger partial charge is 0.241 e. The van der Waals surface area contributed by atoms with E-state index in [9.17, 15) is 13.2 Å². The van der Waals surface area contributed by atoms with Gasteiger partial charge in [0.2, 0.25) is 15.9 Å². The summed E-state index contributed by atoms with van der Waals surface area (Å²) in [5, 5.41) is 6.98. The Bertz CT molecular complexity index is 1350. The van der Waals surface area contributed by atoms with Crippen molar-refractivity contribution in [2.24, 2.45) is 11.7 Å². The molecule has 8 nitrogen and oxygen atoms in total. The summed E-state index contributed by atoms with van der Waals surface area (Å²) in [6, 6.07) is 11.0. The predicted octanol–water partition coefficient (Wildman–Crippen LogP) is 4.43. The lowest BCUT2D eigenvalue weighted by atomic mass is 9.74. The Kier molecular flexibility index (Phi) is 9.91. The first-order valence-corrected chi connectivity index (χ1v) is 17.0. The average molecular weight is 621 g/mol. The van der Waals surface area contributed by atoms with Crippen LogP contribution < -0.4 is 16.4 Å². The molecule has 3 fully saturated rings. The van der Waals surface area contributed by atoms with E-state index >= 15 is 4.39 Å². The Morgan fingerprint density at radius 3 is 2.62 bits per heavy atom. The molecule has 3 aliphatic rings. The number of anilines is 1. The average Bonchev–Trinajstić information content (AvgIpc) is 3.05. The summed E-state index contributed by atoms with van der Waals surface area (Å²) in [6.45, 7) is 5.03. The van der Waals surface area contributed by atoms with Crippen LogP contribution in [0.25, 0.3) is 0 Å². The lowest BCUT2D eigenvalue weighted by Crippen LogP contribution is -2.57. The van der Waals surface area contributed by atoms with Crippen molar-refractivity contribution < 1.29 is 22.3 Å². The van der Waals surface area contributed by atoms with Gasteiger partial charge >= 0.3 is 0 Å². The van der Waals surface area contributed by atoms with Gasteiger partial charge in [0.05, 0.1) is 24.0 Å². The van der Waals surface area contributed by atoms with Gasteiger partial charge < -0.3 is 21.1 Å². The third kappa shape index (κ3) is 7.17. The quantitative estimate of drug-likeness (QED) is 0.402. The molecule has 3 heterocycles. The van der Waals surface area contributed by atoms with Crippen LogP contribution in [0.4, 0.5) is 10.1 Å². The molecule has 2 unspecified atom stereocenters. The highest BCUT2D eigenvalue weighted by Crippen LogP contribution is 2.39. The van der Waals surface area contributed by atoms with Crippen molar-refractivity contribution in [3.8, 4) is 0 Å². The SMILES string of the molecule is C[C@@H]1CC([C@H](c2ccc(Cl)cc2)[C@H](N)C(=O)Nc2cccc(F)c2CC[C@H]2CN[C@@H]3CCCS(=O)(=O)N2C3)C[C@H](C)O1. The van der Waals surface area contributed by atoms with Crippen molar-refractivity contribution in [2.75, 3.05) is 24.2 Å². The third-order valence-corrected chi connectivity index (χ3v) is 11.3. The number of halogens is 2. The fourth-order valence-corrected chi connectivity index (χ4v) is 9.01. The molecule has 0 spiro atoms. The Labute approximate surface area is 253 Å². The second-order valence-electron chi connectivity index (χ2n) is 12.2. The number of sulfonamides is 1. The van der Waals surface area contributed by atoms with Crippen molar-refractivity contribution in [3.63, 3.8) is 0 Å². The van der Waals surface area contributed by atoms with Crippen LogP contribution in [-0.4, -0.2) is 67.8 Å². The van der Waals surface area contributed by atoms with E-state index in [1.807, 2.05) is 26.0 Å². The van der Waals surface area contributed by atoms with E-state index in [2.05, 4.69) is 10.6 Å². The first kappa shape index (κ1) is 31.3. The minimum Gasteiger partial charge on any atom is -0.376 e. The Morgan fingerprint density at radius 1 is 1.19 bits per heavy atom. The number of amides is 1. The van der Waals surface area contributed by atoms with E-state index in [1.54, 1.807) is 28.6 Å². The van der Waals surface area contributed by atoms with Gasteiger partial charge in [0, 0.05) is 47.4 Å². The van der Waals surface area contributed by atoms with Gasteiger partial charge in [-0.1, -0.05) is 29.8 Å². The molecule has 0 radical (unpaired) electrons. The first-order chi connectivity index (χ1) is 20.0. The zero-order valence-corrected chi connectivity index (χ0v) is 25.8. The van der Waals surface area contributed by atoms with Crippen LogP contribution >= 0.6 is 11.6 Å². The summed E-state index contributed by atoms with van der Waals surface area (Å²) in [4.78, 5) is 13.7. The van der Waals surface area contributed by atoms with Gasteiger partial charge in [-0.2, -0.15) is 4.31 Å². The molecule has 4 N–H and O–H groups in total. The molecule has 3 aliphatic heterocycles. The summed E-state index contributed by atoms with van der Waals surface area (Å²) in [7, 11) is -3.36. The maximum Gasteiger partial charge on any atom is 0.241 e. The fourth-order valence-electron chi connectivity index (χ4n) is 7.07. The van der Waals surface area contributed by atoms with Gasteiger partial charge in [0.15, 0.2) is 0 Å². The molecular formula is C31H42ClFN4O4S. The number of benzene rings is 2. The van der Waals surface area contributed by atoms with E-state index < -0.39 is 27.8 Å². The lowest BCUT2D eigenvalue weighted by molar-refractivity contribution is -0.119. The molecule has 1 amide bonds. The molecular weight excluding hydrogens is 579 g/mol. The number of hydrogen-bond donors (Lipinski definition) is 3. The standard InChI is InChI=1S/C31H42ClFN4O4S/c1-19-15-22(16-20(2)41-19)29(21-8-10-23(32)11-9-21)30(34)31(38)36-28-7-3-6-27(33)26(28)13-12-25-17-35-24-5-4-14-42(39,40)37(25)18-24/h3,6-11,19-20,22,24-25,29-30,35H,4-5,12-18,34H2,1-2H3,(H,36,38)/t19-,20+,22?,24-,25+,29+,30+/m1/s1. The molecule has 230 valence electrons.